The van der Waals surface area contributed by atoms with E-state index in [-0.39, 0.29) is 0 Å². The summed E-state index contributed by atoms with van der Waals surface area (Å²) in [5.74, 6) is 2.96. The highest BCUT2D eigenvalue weighted by atomic mass is 15.3. The molecular formula is C14H23N7. The van der Waals surface area contributed by atoms with E-state index in [2.05, 4.69) is 51.5 Å². The van der Waals surface area contributed by atoms with E-state index < -0.39 is 0 Å². The van der Waals surface area contributed by atoms with Gasteiger partial charge in [0.25, 0.3) is 0 Å². The van der Waals surface area contributed by atoms with Crippen molar-refractivity contribution < 1.29 is 0 Å². The summed E-state index contributed by atoms with van der Waals surface area (Å²) in [7, 11) is 1.87. The van der Waals surface area contributed by atoms with E-state index in [4.69, 9.17) is 0 Å². The zero-order valence-corrected chi connectivity index (χ0v) is 13.1. The molecule has 0 aromatic carbocycles. The third kappa shape index (κ3) is 3.90. The fourth-order valence-electron chi connectivity index (χ4n) is 2.18. The summed E-state index contributed by atoms with van der Waals surface area (Å²) >= 11 is 0. The Morgan fingerprint density at radius 2 is 1.86 bits per heavy atom. The zero-order valence-electron chi connectivity index (χ0n) is 13.1. The van der Waals surface area contributed by atoms with Gasteiger partial charge in [-0.05, 0) is 12.8 Å². The van der Waals surface area contributed by atoms with Crippen LogP contribution in [0.4, 0.5) is 11.6 Å². The fourth-order valence-corrected chi connectivity index (χ4v) is 2.18. The van der Waals surface area contributed by atoms with E-state index in [1.54, 1.807) is 17.3 Å². The van der Waals surface area contributed by atoms with Gasteiger partial charge in [-0.2, -0.15) is 5.10 Å². The molecule has 0 radical (unpaired) electrons. The smallest absolute Gasteiger partial charge is 0.152 e. The Labute approximate surface area is 125 Å². The predicted octanol–water partition coefficient (Wildman–Crippen LogP) is 1.81. The second-order valence-electron chi connectivity index (χ2n) is 5.18. The van der Waals surface area contributed by atoms with Crippen LogP contribution in [0, 0.1) is 0 Å². The number of aryl methyl sites for hydroxylation is 1. The molecule has 0 amide bonds. The maximum atomic E-state index is 4.37. The van der Waals surface area contributed by atoms with Gasteiger partial charge in [0.2, 0.25) is 0 Å². The Kier molecular flexibility index (Phi) is 5.08. The first-order valence-corrected chi connectivity index (χ1v) is 7.29. The Balaban J connectivity index is 2.06. The third-order valence-corrected chi connectivity index (χ3v) is 3.09. The Bertz CT molecular complexity index is 576. The highest BCUT2D eigenvalue weighted by molar-refractivity contribution is 5.58. The van der Waals surface area contributed by atoms with Crippen LogP contribution >= 0.6 is 0 Å². The summed E-state index contributed by atoms with van der Waals surface area (Å²) in [6.45, 7) is 7.93. The van der Waals surface area contributed by atoms with Crippen molar-refractivity contribution in [2.45, 2.75) is 33.1 Å². The second kappa shape index (κ2) is 7.01. The van der Waals surface area contributed by atoms with Gasteiger partial charge in [0, 0.05) is 32.1 Å². The standard InChI is InChI=1S/C14H23N7/c1-5-15-13-12(10(2)3)14(18-8-17-13)16-7-6-11-19-9-21(4)20-11/h8-10H,5-7H2,1-4H3,(H2,15,16,17,18). The molecule has 0 unspecified atom stereocenters. The molecule has 0 bridgehead atoms. The summed E-state index contributed by atoms with van der Waals surface area (Å²) < 4.78 is 1.71. The van der Waals surface area contributed by atoms with Crippen LogP contribution in [-0.2, 0) is 13.5 Å². The molecule has 7 heteroatoms. The summed E-state index contributed by atoms with van der Waals surface area (Å²) in [6.07, 6.45) is 4.06. The molecule has 21 heavy (non-hydrogen) atoms. The maximum absolute atomic E-state index is 4.37. The summed E-state index contributed by atoms with van der Waals surface area (Å²) in [4.78, 5) is 12.9. The van der Waals surface area contributed by atoms with Crippen LogP contribution in [0.2, 0.25) is 0 Å². The minimum Gasteiger partial charge on any atom is -0.370 e. The molecule has 2 rings (SSSR count). The summed E-state index contributed by atoms with van der Waals surface area (Å²) in [6, 6.07) is 0. The van der Waals surface area contributed by atoms with Crippen LogP contribution in [0.1, 0.15) is 38.1 Å². The van der Waals surface area contributed by atoms with Crippen molar-refractivity contribution in [3.05, 3.63) is 24.0 Å². The molecule has 7 nitrogen and oxygen atoms in total. The molecule has 114 valence electrons. The number of rotatable bonds is 7. The van der Waals surface area contributed by atoms with Gasteiger partial charge in [-0.1, -0.05) is 13.8 Å². The Morgan fingerprint density at radius 1 is 1.14 bits per heavy atom. The van der Waals surface area contributed by atoms with Gasteiger partial charge in [-0.15, -0.1) is 0 Å². The van der Waals surface area contributed by atoms with E-state index in [1.807, 2.05) is 7.05 Å². The molecule has 0 saturated heterocycles. The van der Waals surface area contributed by atoms with E-state index >= 15 is 0 Å². The number of hydrogen-bond donors (Lipinski definition) is 2. The molecule has 2 N–H and O–H groups in total. The SMILES string of the molecule is CCNc1ncnc(NCCc2ncn(C)n2)c1C(C)C. The van der Waals surface area contributed by atoms with Gasteiger partial charge >= 0.3 is 0 Å². The predicted molar refractivity (Wildman–Crippen MR) is 83.5 cm³/mol. The van der Waals surface area contributed by atoms with Crippen LogP contribution in [0.15, 0.2) is 12.7 Å². The average Bonchev–Trinajstić information content (AvgIpc) is 2.85. The van der Waals surface area contributed by atoms with Crippen molar-refractivity contribution in [3.8, 4) is 0 Å². The van der Waals surface area contributed by atoms with Crippen LogP contribution in [0.25, 0.3) is 0 Å². The van der Waals surface area contributed by atoms with Crippen LogP contribution in [0.5, 0.6) is 0 Å². The van der Waals surface area contributed by atoms with Crippen LogP contribution in [-0.4, -0.2) is 37.8 Å². The lowest BCUT2D eigenvalue weighted by molar-refractivity contribution is 0.741. The third-order valence-electron chi connectivity index (χ3n) is 3.09. The van der Waals surface area contributed by atoms with Gasteiger partial charge in [0.1, 0.15) is 24.3 Å². The van der Waals surface area contributed by atoms with E-state index in [9.17, 15) is 0 Å². The lowest BCUT2D eigenvalue weighted by Gasteiger charge is -2.17. The van der Waals surface area contributed by atoms with Crippen molar-refractivity contribution in [3.63, 3.8) is 0 Å². The number of anilines is 2. The van der Waals surface area contributed by atoms with Crippen molar-refractivity contribution >= 4 is 11.6 Å². The number of aromatic nitrogens is 5. The van der Waals surface area contributed by atoms with Crippen LogP contribution in [0.3, 0.4) is 0 Å². The molecule has 2 aromatic rings. The molecule has 2 heterocycles. The first-order valence-electron chi connectivity index (χ1n) is 7.29. The molecule has 0 aliphatic heterocycles. The zero-order chi connectivity index (χ0) is 15.2. The van der Waals surface area contributed by atoms with Gasteiger partial charge in [0.05, 0.1) is 0 Å². The molecule has 0 spiro atoms. The molecule has 2 aromatic heterocycles. The van der Waals surface area contributed by atoms with E-state index in [1.165, 1.54) is 0 Å². The fraction of sp³-hybridized carbons (Fsp3) is 0.571. The highest BCUT2D eigenvalue weighted by Gasteiger charge is 2.14. The number of nitrogens with zero attached hydrogens (tertiary/aromatic N) is 5. The van der Waals surface area contributed by atoms with Crippen molar-refractivity contribution in [2.75, 3.05) is 23.7 Å². The van der Waals surface area contributed by atoms with Crippen molar-refractivity contribution in [2.24, 2.45) is 7.05 Å². The van der Waals surface area contributed by atoms with E-state index in [0.29, 0.717) is 5.92 Å². The van der Waals surface area contributed by atoms with Gasteiger partial charge in [-0.3, -0.25) is 4.68 Å². The number of hydrogen-bond acceptors (Lipinski definition) is 6. The second-order valence-corrected chi connectivity index (χ2v) is 5.18. The van der Waals surface area contributed by atoms with Crippen molar-refractivity contribution in [1.29, 1.82) is 0 Å². The highest BCUT2D eigenvalue weighted by Crippen LogP contribution is 2.28. The van der Waals surface area contributed by atoms with Gasteiger partial charge in [0.15, 0.2) is 5.82 Å². The monoisotopic (exact) mass is 289 g/mol. The van der Waals surface area contributed by atoms with Gasteiger partial charge < -0.3 is 10.6 Å². The maximum Gasteiger partial charge on any atom is 0.152 e. The lowest BCUT2D eigenvalue weighted by Crippen LogP contribution is -2.13. The largest absolute Gasteiger partial charge is 0.370 e. The molecule has 0 fully saturated rings. The summed E-state index contributed by atoms with van der Waals surface area (Å²) in [5.41, 5.74) is 1.12. The number of nitrogens with one attached hydrogen (secondary N) is 2. The molecule has 0 aliphatic carbocycles. The minimum atomic E-state index is 0.343. The molecule has 0 atom stereocenters. The Hall–Kier alpha value is -2.18. The lowest BCUT2D eigenvalue weighted by atomic mass is 10.0. The van der Waals surface area contributed by atoms with Crippen molar-refractivity contribution in [1.82, 2.24) is 24.7 Å². The first-order chi connectivity index (χ1) is 10.1. The minimum absolute atomic E-state index is 0.343. The molecule has 0 aliphatic rings. The average molecular weight is 289 g/mol. The topological polar surface area (TPSA) is 80.5 Å². The Morgan fingerprint density at radius 3 is 2.43 bits per heavy atom. The summed E-state index contributed by atoms with van der Waals surface area (Å²) in [5, 5.41) is 10.9. The normalized spacial score (nSPS) is 10.9. The molecule has 0 saturated carbocycles. The first kappa shape index (κ1) is 15.2. The van der Waals surface area contributed by atoms with Gasteiger partial charge in [-0.25, -0.2) is 15.0 Å². The van der Waals surface area contributed by atoms with E-state index in [0.717, 1.165) is 42.5 Å². The molecular weight excluding hydrogens is 266 g/mol. The quantitative estimate of drug-likeness (QED) is 0.809. The van der Waals surface area contributed by atoms with Crippen LogP contribution < -0.4 is 10.6 Å².